The second kappa shape index (κ2) is 8.53. The molecule has 0 radical (unpaired) electrons. The summed E-state index contributed by atoms with van der Waals surface area (Å²) in [6.45, 7) is 7.84. The van der Waals surface area contributed by atoms with E-state index in [4.69, 9.17) is 9.16 Å². The zero-order valence-electron chi connectivity index (χ0n) is 16.5. The van der Waals surface area contributed by atoms with Crippen LogP contribution in [-0.4, -0.2) is 38.8 Å². The van der Waals surface area contributed by atoms with Crippen molar-refractivity contribution in [2.75, 3.05) is 13.2 Å². The first kappa shape index (κ1) is 20.0. The Hall–Kier alpha value is -1.72. The summed E-state index contributed by atoms with van der Waals surface area (Å²) < 4.78 is 12.6. The minimum Gasteiger partial charge on any atom is -0.407 e. The average Bonchev–Trinajstić information content (AvgIpc) is 2.67. The van der Waals surface area contributed by atoms with E-state index in [-0.39, 0.29) is 11.1 Å². The molecule has 1 N–H and O–H groups in total. The zero-order chi connectivity index (χ0) is 19.3. The van der Waals surface area contributed by atoms with Gasteiger partial charge in [-0.3, -0.25) is 0 Å². The molecule has 3 nitrogen and oxygen atoms in total. The Balaban J connectivity index is 1.91. The van der Waals surface area contributed by atoms with Gasteiger partial charge in [0.25, 0.3) is 8.32 Å². The van der Waals surface area contributed by atoms with Gasteiger partial charge in [-0.2, -0.15) is 0 Å². The maximum atomic E-state index is 9.55. The minimum atomic E-state index is -2.48. The van der Waals surface area contributed by atoms with Gasteiger partial charge >= 0.3 is 0 Å². The Morgan fingerprint density at radius 3 is 1.96 bits per heavy atom. The molecule has 2 atom stereocenters. The third-order valence-electron chi connectivity index (χ3n) is 5.17. The Labute approximate surface area is 163 Å². The van der Waals surface area contributed by atoms with Crippen molar-refractivity contribution in [3.05, 3.63) is 72.8 Å². The van der Waals surface area contributed by atoms with Crippen molar-refractivity contribution < 1.29 is 14.3 Å². The van der Waals surface area contributed by atoms with Crippen LogP contribution in [0.2, 0.25) is 5.04 Å². The van der Waals surface area contributed by atoms with Crippen molar-refractivity contribution in [2.45, 2.75) is 44.4 Å². The Morgan fingerprint density at radius 1 is 0.963 bits per heavy atom. The molecule has 0 unspecified atom stereocenters. The van der Waals surface area contributed by atoms with Gasteiger partial charge in [0.05, 0.1) is 18.8 Å². The van der Waals surface area contributed by atoms with Crippen LogP contribution in [0.5, 0.6) is 0 Å². The average molecular weight is 383 g/mol. The van der Waals surface area contributed by atoms with E-state index < -0.39 is 14.4 Å². The minimum absolute atomic E-state index is 0.00613. The second-order valence-electron chi connectivity index (χ2n) is 8.12. The van der Waals surface area contributed by atoms with Crippen molar-refractivity contribution in [3.63, 3.8) is 0 Å². The zero-order valence-corrected chi connectivity index (χ0v) is 17.5. The highest BCUT2D eigenvalue weighted by Gasteiger charge is 2.50. The SMILES string of the molecule is CC(C)(C)[Si](OCC[C@H]1C=C[C@@H](O)CO1)(c1ccccc1)c1ccccc1. The summed E-state index contributed by atoms with van der Waals surface area (Å²) in [6, 6.07) is 21.3. The molecule has 0 aliphatic carbocycles. The maximum Gasteiger partial charge on any atom is 0.261 e. The van der Waals surface area contributed by atoms with Crippen molar-refractivity contribution in [1.82, 2.24) is 0 Å². The van der Waals surface area contributed by atoms with E-state index in [1.165, 1.54) is 10.4 Å². The van der Waals surface area contributed by atoms with Crippen LogP contribution in [0.25, 0.3) is 0 Å². The summed E-state index contributed by atoms with van der Waals surface area (Å²) in [5.41, 5.74) is 0. The first-order valence-electron chi connectivity index (χ1n) is 9.66. The Morgan fingerprint density at radius 2 is 1.52 bits per heavy atom. The summed E-state index contributed by atoms with van der Waals surface area (Å²) in [4.78, 5) is 0. The topological polar surface area (TPSA) is 38.7 Å². The lowest BCUT2D eigenvalue weighted by atomic mass is 10.2. The third kappa shape index (κ3) is 4.41. The van der Waals surface area contributed by atoms with E-state index in [2.05, 4.69) is 81.4 Å². The number of benzene rings is 2. The molecular weight excluding hydrogens is 352 g/mol. The molecule has 0 aromatic heterocycles. The molecule has 1 aliphatic rings. The molecule has 0 fully saturated rings. The van der Waals surface area contributed by atoms with Gasteiger partial charge in [0, 0.05) is 6.61 Å². The van der Waals surface area contributed by atoms with Gasteiger partial charge in [0.2, 0.25) is 0 Å². The van der Waals surface area contributed by atoms with E-state index >= 15 is 0 Å². The smallest absolute Gasteiger partial charge is 0.261 e. The molecule has 2 aromatic rings. The highest BCUT2D eigenvalue weighted by atomic mass is 28.4. The normalized spacial score (nSPS) is 20.6. The van der Waals surface area contributed by atoms with Crippen LogP contribution < -0.4 is 10.4 Å². The fourth-order valence-corrected chi connectivity index (χ4v) is 8.43. The molecule has 144 valence electrons. The summed E-state index contributed by atoms with van der Waals surface area (Å²) in [6.07, 6.45) is 4.07. The summed E-state index contributed by atoms with van der Waals surface area (Å²) in [5.74, 6) is 0. The van der Waals surface area contributed by atoms with E-state index in [0.717, 1.165) is 6.42 Å². The molecule has 1 aliphatic heterocycles. The van der Waals surface area contributed by atoms with Gasteiger partial charge in [-0.25, -0.2) is 0 Å². The van der Waals surface area contributed by atoms with E-state index in [0.29, 0.717) is 13.2 Å². The number of ether oxygens (including phenoxy) is 1. The Kier molecular flexibility index (Phi) is 6.32. The first-order chi connectivity index (χ1) is 12.9. The van der Waals surface area contributed by atoms with Crippen molar-refractivity contribution >= 4 is 18.7 Å². The Bertz CT molecular complexity index is 698. The quantitative estimate of drug-likeness (QED) is 0.616. The second-order valence-corrected chi connectivity index (χ2v) is 12.4. The fourth-order valence-electron chi connectivity index (χ4n) is 3.85. The molecular formula is C23H30O3Si. The highest BCUT2D eigenvalue weighted by molar-refractivity contribution is 6.99. The largest absolute Gasteiger partial charge is 0.407 e. The van der Waals surface area contributed by atoms with Crippen LogP contribution >= 0.6 is 0 Å². The van der Waals surface area contributed by atoms with E-state index in [1.54, 1.807) is 0 Å². The number of aliphatic hydroxyl groups is 1. The highest BCUT2D eigenvalue weighted by Crippen LogP contribution is 2.36. The summed E-state index contributed by atoms with van der Waals surface area (Å²) in [7, 11) is -2.48. The predicted molar refractivity (Wildman–Crippen MR) is 113 cm³/mol. The summed E-state index contributed by atoms with van der Waals surface area (Å²) >= 11 is 0. The van der Waals surface area contributed by atoms with Gasteiger partial charge in [-0.05, 0) is 21.8 Å². The van der Waals surface area contributed by atoms with Gasteiger partial charge in [-0.15, -0.1) is 0 Å². The number of aliphatic hydroxyl groups excluding tert-OH is 1. The molecule has 27 heavy (non-hydrogen) atoms. The van der Waals surface area contributed by atoms with Crippen molar-refractivity contribution in [2.24, 2.45) is 0 Å². The molecule has 2 aromatic carbocycles. The van der Waals surface area contributed by atoms with Crippen LogP contribution in [0.15, 0.2) is 72.8 Å². The van der Waals surface area contributed by atoms with Gasteiger partial charge < -0.3 is 14.3 Å². The number of rotatable bonds is 6. The van der Waals surface area contributed by atoms with Crippen LogP contribution in [-0.2, 0) is 9.16 Å². The predicted octanol–water partition coefficient (Wildman–Crippen LogP) is 3.27. The van der Waals surface area contributed by atoms with Gasteiger partial charge in [0.15, 0.2) is 0 Å². The van der Waals surface area contributed by atoms with Gasteiger partial charge in [0.1, 0.15) is 0 Å². The lowest BCUT2D eigenvalue weighted by Gasteiger charge is -2.43. The van der Waals surface area contributed by atoms with Crippen LogP contribution in [0.4, 0.5) is 0 Å². The standard InChI is InChI=1S/C23H30O3Si/c1-23(2,3)27(21-10-6-4-7-11-21,22-12-8-5-9-13-22)26-17-16-20-15-14-19(24)18-25-20/h4-15,19-20,24H,16-18H2,1-3H3/t19-,20-/m1/s1. The van der Waals surface area contributed by atoms with Crippen LogP contribution in [0, 0.1) is 0 Å². The van der Waals surface area contributed by atoms with Crippen molar-refractivity contribution in [1.29, 1.82) is 0 Å². The molecule has 0 amide bonds. The van der Waals surface area contributed by atoms with Crippen LogP contribution in [0.1, 0.15) is 27.2 Å². The number of hydrogen-bond donors (Lipinski definition) is 1. The summed E-state index contributed by atoms with van der Waals surface area (Å²) in [5, 5.41) is 12.1. The first-order valence-corrected chi connectivity index (χ1v) is 11.6. The lowest BCUT2D eigenvalue weighted by Crippen LogP contribution is -2.66. The molecule has 4 heteroatoms. The third-order valence-corrected chi connectivity index (χ3v) is 10.2. The van der Waals surface area contributed by atoms with Gasteiger partial charge in [-0.1, -0.05) is 93.6 Å². The van der Waals surface area contributed by atoms with E-state index in [9.17, 15) is 5.11 Å². The van der Waals surface area contributed by atoms with Crippen molar-refractivity contribution in [3.8, 4) is 0 Å². The molecule has 0 saturated heterocycles. The van der Waals surface area contributed by atoms with E-state index in [1.807, 2.05) is 12.2 Å². The molecule has 0 saturated carbocycles. The lowest BCUT2D eigenvalue weighted by molar-refractivity contribution is 0.00661. The molecule has 0 bridgehead atoms. The molecule has 0 spiro atoms. The van der Waals surface area contributed by atoms with Crippen LogP contribution in [0.3, 0.4) is 0 Å². The molecule has 3 rings (SSSR count). The number of hydrogen-bond acceptors (Lipinski definition) is 3. The molecule has 1 heterocycles. The monoisotopic (exact) mass is 382 g/mol. The fraction of sp³-hybridized carbons (Fsp3) is 0.391. The maximum absolute atomic E-state index is 9.55.